The van der Waals surface area contributed by atoms with E-state index < -0.39 is 0 Å². The van der Waals surface area contributed by atoms with Crippen molar-refractivity contribution in [1.29, 1.82) is 0 Å². The van der Waals surface area contributed by atoms with E-state index in [0.717, 1.165) is 47.7 Å². The van der Waals surface area contributed by atoms with E-state index in [9.17, 15) is 4.79 Å². The fourth-order valence-corrected chi connectivity index (χ4v) is 3.83. The van der Waals surface area contributed by atoms with E-state index in [0.29, 0.717) is 12.0 Å². The normalized spacial score (nSPS) is 15.8. The molecular weight excluding hydrogens is 324 g/mol. The number of nitrogens with zero attached hydrogens (tertiary/aromatic N) is 4. The van der Waals surface area contributed by atoms with Gasteiger partial charge in [0.2, 0.25) is 5.95 Å². The number of nitrogens with one attached hydrogen (secondary N) is 2. The van der Waals surface area contributed by atoms with Crippen molar-refractivity contribution >= 4 is 33.3 Å². The highest BCUT2D eigenvalue weighted by atomic mass is 32.1. The molecule has 1 fully saturated rings. The lowest BCUT2D eigenvalue weighted by molar-refractivity contribution is 0.518. The average Bonchev–Trinajstić information content (AvgIpc) is 3.04. The molecule has 24 heavy (non-hydrogen) atoms. The van der Waals surface area contributed by atoms with Crippen LogP contribution in [0, 0.1) is 6.92 Å². The van der Waals surface area contributed by atoms with Crippen molar-refractivity contribution in [2.45, 2.75) is 25.8 Å². The summed E-state index contributed by atoms with van der Waals surface area (Å²) in [5, 5.41) is 5.58. The van der Waals surface area contributed by atoms with Crippen LogP contribution in [0.3, 0.4) is 0 Å². The fourth-order valence-electron chi connectivity index (χ4n) is 3.03. The standard InChI is InChI=1S/C16H18N6OS/c1-10-8-13(23)21-16(19-10)22-5-2-11(3-6-22)20-15-14-12(4-7-24-14)17-9-18-15/h4,7-9,11H,2-3,5-6H2,1H3,(H,17,18,20)(H,19,21,23). The Kier molecular flexibility index (Phi) is 3.89. The van der Waals surface area contributed by atoms with Crippen molar-refractivity contribution in [2.75, 3.05) is 23.3 Å². The SMILES string of the molecule is Cc1cc(=O)[nH]c(N2CCC(Nc3ncnc4ccsc34)CC2)n1. The summed E-state index contributed by atoms with van der Waals surface area (Å²) in [5.41, 5.74) is 1.63. The van der Waals surface area contributed by atoms with Crippen LogP contribution in [0.1, 0.15) is 18.5 Å². The molecule has 0 aliphatic carbocycles. The summed E-state index contributed by atoms with van der Waals surface area (Å²) in [6.45, 7) is 3.54. The molecule has 1 aliphatic rings. The van der Waals surface area contributed by atoms with Crippen LogP contribution in [0.5, 0.6) is 0 Å². The third-order valence-electron chi connectivity index (χ3n) is 4.24. The third-order valence-corrected chi connectivity index (χ3v) is 5.15. The maximum Gasteiger partial charge on any atom is 0.252 e. The summed E-state index contributed by atoms with van der Waals surface area (Å²) in [5.74, 6) is 1.58. The van der Waals surface area contributed by atoms with Crippen LogP contribution in [0.4, 0.5) is 11.8 Å². The van der Waals surface area contributed by atoms with Gasteiger partial charge in [-0.25, -0.2) is 15.0 Å². The summed E-state index contributed by atoms with van der Waals surface area (Å²) in [7, 11) is 0. The van der Waals surface area contributed by atoms with Crippen molar-refractivity contribution in [3.63, 3.8) is 0 Å². The summed E-state index contributed by atoms with van der Waals surface area (Å²) >= 11 is 1.66. The van der Waals surface area contributed by atoms with Crippen LogP contribution < -0.4 is 15.8 Å². The van der Waals surface area contributed by atoms with Crippen molar-refractivity contribution in [1.82, 2.24) is 19.9 Å². The van der Waals surface area contributed by atoms with Gasteiger partial charge >= 0.3 is 0 Å². The van der Waals surface area contributed by atoms with E-state index in [1.54, 1.807) is 17.7 Å². The van der Waals surface area contributed by atoms with E-state index >= 15 is 0 Å². The average molecular weight is 342 g/mol. The van der Waals surface area contributed by atoms with Gasteiger partial charge in [-0.05, 0) is 31.2 Å². The predicted molar refractivity (Wildman–Crippen MR) is 95.9 cm³/mol. The van der Waals surface area contributed by atoms with Crippen molar-refractivity contribution in [3.8, 4) is 0 Å². The number of aryl methyl sites for hydroxylation is 1. The maximum absolute atomic E-state index is 11.6. The lowest BCUT2D eigenvalue weighted by atomic mass is 10.1. The van der Waals surface area contributed by atoms with E-state index in [1.807, 2.05) is 18.4 Å². The molecule has 0 spiro atoms. The van der Waals surface area contributed by atoms with Crippen molar-refractivity contribution in [2.24, 2.45) is 0 Å². The first-order chi connectivity index (χ1) is 11.7. The second-order valence-corrected chi connectivity index (χ2v) is 6.89. The molecule has 0 aromatic carbocycles. The van der Waals surface area contributed by atoms with Crippen LogP contribution in [-0.4, -0.2) is 39.1 Å². The highest BCUT2D eigenvalue weighted by molar-refractivity contribution is 7.17. The molecule has 0 unspecified atom stereocenters. The van der Waals surface area contributed by atoms with Crippen LogP contribution in [-0.2, 0) is 0 Å². The largest absolute Gasteiger partial charge is 0.366 e. The molecule has 3 aromatic heterocycles. The molecule has 0 saturated carbocycles. The third kappa shape index (κ3) is 2.96. The maximum atomic E-state index is 11.6. The van der Waals surface area contributed by atoms with Crippen LogP contribution >= 0.6 is 11.3 Å². The number of rotatable bonds is 3. The van der Waals surface area contributed by atoms with Gasteiger partial charge in [0.25, 0.3) is 5.56 Å². The topological polar surface area (TPSA) is 86.8 Å². The van der Waals surface area contributed by atoms with Gasteiger partial charge in [0.15, 0.2) is 0 Å². The molecule has 124 valence electrons. The highest BCUT2D eigenvalue weighted by Crippen LogP contribution is 2.27. The highest BCUT2D eigenvalue weighted by Gasteiger charge is 2.22. The zero-order valence-electron chi connectivity index (χ0n) is 13.3. The van der Waals surface area contributed by atoms with Crippen LogP contribution in [0.15, 0.2) is 28.6 Å². The quantitative estimate of drug-likeness (QED) is 0.758. The molecule has 0 bridgehead atoms. The summed E-state index contributed by atoms with van der Waals surface area (Å²) < 4.78 is 1.10. The number of piperidine rings is 1. The number of hydrogen-bond acceptors (Lipinski definition) is 7. The number of aromatic amines is 1. The zero-order chi connectivity index (χ0) is 16.5. The lowest BCUT2D eigenvalue weighted by Gasteiger charge is -2.33. The second-order valence-electron chi connectivity index (χ2n) is 5.97. The number of aromatic nitrogens is 4. The van der Waals surface area contributed by atoms with E-state index in [4.69, 9.17) is 0 Å². The summed E-state index contributed by atoms with van der Waals surface area (Å²) in [6, 6.07) is 3.88. The molecule has 0 radical (unpaired) electrons. The molecule has 1 aliphatic heterocycles. The first-order valence-corrected chi connectivity index (χ1v) is 8.85. The molecule has 4 rings (SSSR count). The molecule has 1 saturated heterocycles. The smallest absolute Gasteiger partial charge is 0.252 e. The van der Waals surface area contributed by atoms with Gasteiger partial charge in [0.1, 0.15) is 12.1 Å². The number of anilines is 2. The number of H-pyrrole nitrogens is 1. The Bertz CT molecular complexity index is 912. The number of fused-ring (bicyclic) bond motifs is 1. The van der Waals surface area contributed by atoms with E-state index in [-0.39, 0.29) is 5.56 Å². The first kappa shape index (κ1) is 15.1. The van der Waals surface area contributed by atoms with Gasteiger partial charge in [-0.15, -0.1) is 11.3 Å². The molecule has 3 aromatic rings. The molecule has 0 amide bonds. The Morgan fingerprint density at radius 1 is 1.33 bits per heavy atom. The van der Waals surface area contributed by atoms with Crippen molar-refractivity contribution < 1.29 is 0 Å². The monoisotopic (exact) mass is 342 g/mol. The van der Waals surface area contributed by atoms with Gasteiger partial charge in [0, 0.05) is 30.9 Å². The number of hydrogen-bond donors (Lipinski definition) is 2. The van der Waals surface area contributed by atoms with Gasteiger partial charge in [0.05, 0.1) is 10.2 Å². The Morgan fingerprint density at radius 3 is 2.96 bits per heavy atom. The van der Waals surface area contributed by atoms with Gasteiger partial charge in [-0.3, -0.25) is 9.78 Å². The van der Waals surface area contributed by atoms with Gasteiger partial charge in [-0.1, -0.05) is 0 Å². The Labute approximate surface area is 142 Å². The fraction of sp³-hybridized carbons (Fsp3) is 0.375. The molecule has 2 N–H and O–H groups in total. The van der Waals surface area contributed by atoms with E-state index in [1.165, 1.54) is 6.07 Å². The van der Waals surface area contributed by atoms with Gasteiger partial charge < -0.3 is 10.2 Å². The van der Waals surface area contributed by atoms with E-state index in [2.05, 4.69) is 30.2 Å². The Morgan fingerprint density at radius 2 is 2.17 bits per heavy atom. The minimum atomic E-state index is -0.0983. The predicted octanol–water partition coefficient (Wildman–Crippen LogP) is 2.16. The molecule has 0 atom stereocenters. The van der Waals surface area contributed by atoms with Gasteiger partial charge in [-0.2, -0.15) is 0 Å². The molecule has 7 nitrogen and oxygen atoms in total. The lowest BCUT2D eigenvalue weighted by Crippen LogP contribution is -2.40. The second kappa shape index (κ2) is 6.20. The molecule has 8 heteroatoms. The minimum Gasteiger partial charge on any atom is -0.366 e. The minimum absolute atomic E-state index is 0.0983. The van der Waals surface area contributed by atoms with Crippen LogP contribution in [0.25, 0.3) is 10.2 Å². The summed E-state index contributed by atoms with van der Waals surface area (Å²) in [4.78, 5) is 29.7. The Hall–Kier alpha value is -2.48. The molecular formula is C16H18N6OS. The number of thiophene rings is 1. The summed E-state index contributed by atoms with van der Waals surface area (Å²) in [6.07, 6.45) is 3.54. The Balaban J connectivity index is 1.44. The van der Waals surface area contributed by atoms with Crippen molar-refractivity contribution in [3.05, 3.63) is 39.9 Å². The zero-order valence-corrected chi connectivity index (χ0v) is 14.1. The molecule has 4 heterocycles. The first-order valence-electron chi connectivity index (χ1n) is 7.97. The van der Waals surface area contributed by atoms with Crippen LogP contribution in [0.2, 0.25) is 0 Å².